The molecule has 1 aromatic carbocycles. The van der Waals surface area contributed by atoms with E-state index in [0.29, 0.717) is 43.2 Å². The standard InChI is InChI=1S/C20H22N4O4/c1-14(25)23-9-11-24(12-10-23)20(27)15-7-8-21-18(13-15)19(26)22-16-3-5-17(28-2)6-4-16/h3-8,13H,9-12H2,1-2H3,(H,22,26). The molecule has 1 aliphatic rings. The summed E-state index contributed by atoms with van der Waals surface area (Å²) in [6.07, 6.45) is 1.45. The largest absolute Gasteiger partial charge is 0.497 e. The lowest BCUT2D eigenvalue weighted by Crippen LogP contribution is -2.50. The Hall–Kier alpha value is -3.42. The van der Waals surface area contributed by atoms with Crippen LogP contribution >= 0.6 is 0 Å². The number of pyridine rings is 1. The Morgan fingerprint density at radius 2 is 1.64 bits per heavy atom. The molecule has 2 heterocycles. The number of nitrogens with one attached hydrogen (secondary N) is 1. The number of hydrogen-bond donors (Lipinski definition) is 1. The van der Waals surface area contributed by atoms with Crippen LogP contribution in [0, 0.1) is 0 Å². The average Bonchev–Trinajstić information content (AvgIpc) is 2.74. The number of rotatable bonds is 4. The fourth-order valence-electron chi connectivity index (χ4n) is 2.96. The Labute approximate surface area is 163 Å². The summed E-state index contributed by atoms with van der Waals surface area (Å²) in [4.78, 5) is 44.1. The molecule has 2 aromatic rings. The van der Waals surface area contributed by atoms with E-state index in [4.69, 9.17) is 4.74 Å². The Morgan fingerprint density at radius 3 is 2.25 bits per heavy atom. The topological polar surface area (TPSA) is 91.8 Å². The lowest BCUT2D eigenvalue weighted by atomic mass is 10.1. The van der Waals surface area contributed by atoms with Gasteiger partial charge in [-0.05, 0) is 36.4 Å². The van der Waals surface area contributed by atoms with Gasteiger partial charge < -0.3 is 19.9 Å². The van der Waals surface area contributed by atoms with Gasteiger partial charge in [0.1, 0.15) is 11.4 Å². The molecule has 1 aromatic heterocycles. The molecule has 146 valence electrons. The van der Waals surface area contributed by atoms with E-state index < -0.39 is 5.91 Å². The third-order valence-electron chi connectivity index (χ3n) is 4.60. The number of nitrogens with zero attached hydrogens (tertiary/aromatic N) is 3. The molecule has 28 heavy (non-hydrogen) atoms. The third kappa shape index (κ3) is 4.46. The van der Waals surface area contributed by atoms with Crippen LogP contribution in [-0.2, 0) is 4.79 Å². The third-order valence-corrected chi connectivity index (χ3v) is 4.60. The average molecular weight is 382 g/mol. The highest BCUT2D eigenvalue weighted by Gasteiger charge is 2.24. The number of amides is 3. The molecule has 0 saturated carbocycles. The number of hydrogen-bond acceptors (Lipinski definition) is 5. The number of benzene rings is 1. The minimum Gasteiger partial charge on any atom is -0.497 e. The van der Waals surface area contributed by atoms with Crippen molar-refractivity contribution < 1.29 is 19.1 Å². The number of methoxy groups -OCH3 is 1. The monoisotopic (exact) mass is 382 g/mol. The van der Waals surface area contributed by atoms with Crippen molar-refractivity contribution in [2.75, 3.05) is 38.6 Å². The van der Waals surface area contributed by atoms with Gasteiger partial charge in [-0.1, -0.05) is 0 Å². The first kappa shape index (κ1) is 19.3. The fraction of sp³-hybridized carbons (Fsp3) is 0.300. The first-order chi connectivity index (χ1) is 13.5. The van der Waals surface area contributed by atoms with Gasteiger partial charge in [0, 0.05) is 50.6 Å². The SMILES string of the molecule is COc1ccc(NC(=O)c2cc(C(=O)N3CCN(C(C)=O)CC3)ccn2)cc1. The van der Waals surface area contributed by atoms with Crippen LogP contribution in [0.4, 0.5) is 5.69 Å². The van der Waals surface area contributed by atoms with E-state index in [1.54, 1.807) is 47.2 Å². The van der Waals surface area contributed by atoms with E-state index in [9.17, 15) is 14.4 Å². The van der Waals surface area contributed by atoms with Crippen molar-refractivity contribution in [2.24, 2.45) is 0 Å². The van der Waals surface area contributed by atoms with Crippen molar-refractivity contribution in [1.29, 1.82) is 0 Å². The molecular formula is C20H22N4O4. The molecule has 0 radical (unpaired) electrons. The minimum atomic E-state index is -0.402. The van der Waals surface area contributed by atoms with E-state index in [2.05, 4.69) is 10.3 Å². The summed E-state index contributed by atoms with van der Waals surface area (Å²) >= 11 is 0. The van der Waals surface area contributed by atoms with Crippen molar-refractivity contribution in [2.45, 2.75) is 6.92 Å². The molecule has 8 nitrogen and oxygen atoms in total. The van der Waals surface area contributed by atoms with E-state index in [-0.39, 0.29) is 17.5 Å². The van der Waals surface area contributed by atoms with Gasteiger partial charge in [-0.2, -0.15) is 0 Å². The maximum absolute atomic E-state index is 12.7. The molecule has 0 bridgehead atoms. The van der Waals surface area contributed by atoms with Gasteiger partial charge in [0.2, 0.25) is 5.91 Å². The van der Waals surface area contributed by atoms with Gasteiger partial charge in [-0.15, -0.1) is 0 Å². The number of piperazine rings is 1. The highest BCUT2D eigenvalue weighted by molar-refractivity contribution is 6.04. The maximum atomic E-state index is 12.7. The maximum Gasteiger partial charge on any atom is 0.274 e. The second-order valence-corrected chi connectivity index (χ2v) is 6.41. The summed E-state index contributed by atoms with van der Waals surface area (Å²) < 4.78 is 5.09. The molecular weight excluding hydrogens is 360 g/mol. The van der Waals surface area contributed by atoms with Crippen LogP contribution in [0.3, 0.4) is 0 Å². The van der Waals surface area contributed by atoms with E-state index >= 15 is 0 Å². The predicted molar refractivity (Wildman–Crippen MR) is 103 cm³/mol. The Morgan fingerprint density at radius 1 is 1.00 bits per heavy atom. The van der Waals surface area contributed by atoms with Crippen molar-refractivity contribution in [3.8, 4) is 5.75 Å². The van der Waals surface area contributed by atoms with Crippen molar-refractivity contribution in [3.63, 3.8) is 0 Å². The number of carbonyl (C=O) groups is 3. The molecule has 8 heteroatoms. The van der Waals surface area contributed by atoms with Crippen molar-refractivity contribution >= 4 is 23.4 Å². The normalized spacial score (nSPS) is 13.8. The van der Waals surface area contributed by atoms with Crippen molar-refractivity contribution in [1.82, 2.24) is 14.8 Å². The summed E-state index contributed by atoms with van der Waals surface area (Å²) in [6.45, 7) is 3.48. The van der Waals surface area contributed by atoms with Crippen LogP contribution in [-0.4, -0.2) is 65.8 Å². The first-order valence-corrected chi connectivity index (χ1v) is 8.94. The predicted octanol–water partition coefficient (Wildman–Crippen LogP) is 1.65. The van der Waals surface area contributed by atoms with Gasteiger partial charge in [0.05, 0.1) is 7.11 Å². The summed E-state index contributed by atoms with van der Waals surface area (Å²) in [5, 5.41) is 2.75. The van der Waals surface area contributed by atoms with Gasteiger partial charge >= 0.3 is 0 Å². The van der Waals surface area contributed by atoms with Crippen LogP contribution in [0.1, 0.15) is 27.8 Å². The van der Waals surface area contributed by atoms with Crippen LogP contribution in [0.25, 0.3) is 0 Å². The number of anilines is 1. The Balaban J connectivity index is 1.66. The fourth-order valence-corrected chi connectivity index (χ4v) is 2.96. The second kappa shape index (κ2) is 8.51. The van der Waals surface area contributed by atoms with Gasteiger partial charge in [0.25, 0.3) is 11.8 Å². The summed E-state index contributed by atoms with van der Waals surface area (Å²) in [5.74, 6) is 0.118. The van der Waals surface area contributed by atoms with Gasteiger partial charge in [-0.25, -0.2) is 0 Å². The highest BCUT2D eigenvalue weighted by atomic mass is 16.5. The number of ether oxygens (including phenoxy) is 1. The zero-order valence-corrected chi connectivity index (χ0v) is 15.8. The summed E-state index contributed by atoms with van der Waals surface area (Å²) in [6, 6.07) is 10.00. The highest BCUT2D eigenvalue weighted by Crippen LogP contribution is 2.16. The van der Waals surface area contributed by atoms with Crippen LogP contribution in [0.5, 0.6) is 5.75 Å². The van der Waals surface area contributed by atoms with Gasteiger partial charge in [-0.3, -0.25) is 19.4 Å². The van der Waals surface area contributed by atoms with E-state index in [1.807, 2.05) is 0 Å². The first-order valence-electron chi connectivity index (χ1n) is 8.94. The Bertz CT molecular complexity index is 874. The smallest absolute Gasteiger partial charge is 0.274 e. The second-order valence-electron chi connectivity index (χ2n) is 6.41. The Kier molecular flexibility index (Phi) is 5.88. The zero-order valence-electron chi connectivity index (χ0n) is 15.8. The lowest BCUT2D eigenvalue weighted by molar-refractivity contribution is -0.130. The van der Waals surface area contributed by atoms with Crippen LogP contribution < -0.4 is 10.1 Å². The number of carbonyl (C=O) groups excluding carboxylic acids is 3. The zero-order chi connectivity index (χ0) is 20.1. The molecule has 1 N–H and O–H groups in total. The number of aromatic nitrogens is 1. The minimum absolute atomic E-state index is 0.00787. The molecule has 0 aliphatic carbocycles. The van der Waals surface area contributed by atoms with E-state index in [0.717, 1.165) is 0 Å². The molecule has 3 amide bonds. The molecule has 0 spiro atoms. The molecule has 1 fully saturated rings. The summed E-state index contributed by atoms with van der Waals surface area (Å²) in [7, 11) is 1.57. The van der Waals surface area contributed by atoms with Gasteiger partial charge in [0.15, 0.2) is 0 Å². The molecule has 3 rings (SSSR count). The molecule has 0 atom stereocenters. The molecule has 1 saturated heterocycles. The van der Waals surface area contributed by atoms with Crippen LogP contribution in [0.2, 0.25) is 0 Å². The molecule has 0 unspecified atom stereocenters. The lowest BCUT2D eigenvalue weighted by Gasteiger charge is -2.34. The summed E-state index contributed by atoms with van der Waals surface area (Å²) in [5.41, 5.74) is 1.15. The van der Waals surface area contributed by atoms with Crippen LogP contribution in [0.15, 0.2) is 42.6 Å². The quantitative estimate of drug-likeness (QED) is 0.868. The van der Waals surface area contributed by atoms with Crippen molar-refractivity contribution in [3.05, 3.63) is 53.9 Å². The van der Waals surface area contributed by atoms with E-state index in [1.165, 1.54) is 19.2 Å². The molecule has 1 aliphatic heterocycles.